The predicted molar refractivity (Wildman–Crippen MR) is 72.0 cm³/mol. The molecule has 1 unspecified atom stereocenters. The zero-order valence-electron chi connectivity index (χ0n) is 11.0. The summed E-state index contributed by atoms with van der Waals surface area (Å²) in [7, 11) is 0. The molecule has 0 aromatic heterocycles. The molecule has 6 heteroatoms. The summed E-state index contributed by atoms with van der Waals surface area (Å²) in [5, 5.41) is 11.3. The lowest BCUT2D eigenvalue weighted by Crippen LogP contribution is -2.42. The second-order valence-electron chi connectivity index (χ2n) is 4.96. The van der Waals surface area contributed by atoms with Crippen LogP contribution in [0.15, 0.2) is 24.3 Å². The van der Waals surface area contributed by atoms with Crippen molar-refractivity contribution in [2.24, 2.45) is 5.92 Å². The van der Waals surface area contributed by atoms with Gasteiger partial charge in [-0.3, -0.25) is 4.79 Å². The third-order valence-electron chi connectivity index (χ3n) is 3.38. The molecule has 20 heavy (non-hydrogen) atoms. The van der Waals surface area contributed by atoms with Crippen LogP contribution in [-0.4, -0.2) is 35.1 Å². The topological polar surface area (TPSA) is 69.6 Å². The van der Waals surface area contributed by atoms with E-state index in [2.05, 4.69) is 5.32 Å². The van der Waals surface area contributed by atoms with Crippen molar-refractivity contribution in [1.29, 1.82) is 0 Å². The molecule has 1 saturated heterocycles. The number of para-hydroxylation sites is 1. The van der Waals surface area contributed by atoms with E-state index in [1.54, 1.807) is 17.0 Å². The first-order chi connectivity index (χ1) is 9.56. The van der Waals surface area contributed by atoms with Gasteiger partial charge in [0.15, 0.2) is 0 Å². The smallest absolute Gasteiger partial charge is 0.321 e. The number of piperidine rings is 1. The van der Waals surface area contributed by atoms with Gasteiger partial charge in [-0.2, -0.15) is 0 Å². The van der Waals surface area contributed by atoms with Crippen molar-refractivity contribution in [3.63, 3.8) is 0 Å². The number of urea groups is 1. The summed E-state index contributed by atoms with van der Waals surface area (Å²) in [4.78, 5) is 24.3. The summed E-state index contributed by atoms with van der Waals surface area (Å²) < 4.78 is 13.5. The van der Waals surface area contributed by atoms with E-state index < -0.39 is 11.8 Å². The minimum Gasteiger partial charge on any atom is -0.481 e. The van der Waals surface area contributed by atoms with Gasteiger partial charge in [-0.1, -0.05) is 12.1 Å². The van der Waals surface area contributed by atoms with Crippen LogP contribution in [0.3, 0.4) is 0 Å². The molecular formula is C14H17FN2O3. The fraction of sp³-hybridized carbons (Fsp3) is 0.429. The number of hydrogen-bond acceptors (Lipinski definition) is 2. The van der Waals surface area contributed by atoms with Crippen LogP contribution in [0.4, 0.5) is 14.9 Å². The van der Waals surface area contributed by atoms with E-state index >= 15 is 0 Å². The monoisotopic (exact) mass is 280 g/mol. The molecule has 1 heterocycles. The molecule has 2 N–H and O–H groups in total. The van der Waals surface area contributed by atoms with Crippen LogP contribution in [0.2, 0.25) is 0 Å². The van der Waals surface area contributed by atoms with Crippen molar-refractivity contribution in [3.8, 4) is 0 Å². The number of nitrogens with one attached hydrogen (secondary N) is 1. The first-order valence-corrected chi connectivity index (χ1v) is 6.58. The van der Waals surface area contributed by atoms with Gasteiger partial charge in [0.2, 0.25) is 0 Å². The Hall–Kier alpha value is -2.11. The number of hydrogen-bond donors (Lipinski definition) is 2. The van der Waals surface area contributed by atoms with E-state index in [1.165, 1.54) is 12.1 Å². The lowest BCUT2D eigenvalue weighted by Gasteiger charge is -2.32. The van der Waals surface area contributed by atoms with Crippen LogP contribution >= 0.6 is 0 Å². The number of carbonyl (C=O) groups excluding carboxylic acids is 1. The van der Waals surface area contributed by atoms with Crippen LogP contribution in [-0.2, 0) is 4.79 Å². The average molecular weight is 280 g/mol. The number of likely N-dealkylation sites (tertiary alicyclic amines) is 1. The summed E-state index contributed by atoms with van der Waals surface area (Å²) in [6, 6.07) is 5.58. The summed E-state index contributed by atoms with van der Waals surface area (Å²) in [5.74, 6) is -1.38. The Bertz CT molecular complexity index is 507. The Morgan fingerprint density at radius 2 is 2.15 bits per heavy atom. The fourth-order valence-electron chi connectivity index (χ4n) is 2.42. The Morgan fingerprint density at radius 3 is 2.85 bits per heavy atom. The van der Waals surface area contributed by atoms with Gasteiger partial charge < -0.3 is 15.3 Å². The average Bonchev–Trinajstić information content (AvgIpc) is 2.41. The maximum Gasteiger partial charge on any atom is 0.321 e. The predicted octanol–water partition coefficient (Wildman–Crippen LogP) is 2.54. The maximum absolute atomic E-state index is 13.5. The minimum atomic E-state index is -0.855. The molecule has 0 saturated carbocycles. The first kappa shape index (κ1) is 14.3. The molecule has 2 amide bonds. The molecule has 1 aromatic carbocycles. The number of benzene rings is 1. The highest BCUT2D eigenvalue weighted by molar-refractivity contribution is 5.89. The van der Waals surface area contributed by atoms with Crippen molar-refractivity contribution in [2.45, 2.75) is 19.3 Å². The molecule has 5 nitrogen and oxygen atoms in total. The van der Waals surface area contributed by atoms with Crippen molar-refractivity contribution in [3.05, 3.63) is 30.1 Å². The Balaban J connectivity index is 1.95. The largest absolute Gasteiger partial charge is 0.481 e. The van der Waals surface area contributed by atoms with Gasteiger partial charge in [-0.15, -0.1) is 0 Å². The number of amides is 2. The van der Waals surface area contributed by atoms with Crippen molar-refractivity contribution in [1.82, 2.24) is 4.90 Å². The minimum absolute atomic E-state index is 0.0346. The van der Waals surface area contributed by atoms with E-state index in [1.807, 2.05) is 0 Å². The summed E-state index contributed by atoms with van der Waals surface area (Å²) in [5.41, 5.74) is 0.137. The SMILES string of the molecule is O=C(O)CC1CCCN(C(=O)Nc2ccccc2F)C1. The Kier molecular flexibility index (Phi) is 4.55. The van der Waals surface area contributed by atoms with Crippen LogP contribution in [0.5, 0.6) is 0 Å². The summed E-state index contributed by atoms with van der Waals surface area (Å²) >= 11 is 0. The number of aliphatic carboxylic acids is 1. The van der Waals surface area contributed by atoms with E-state index in [4.69, 9.17) is 5.11 Å². The van der Waals surface area contributed by atoms with Gasteiger partial charge in [0.1, 0.15) is 5.82 Å². The molecule has 0 bridgehead atoms. The van der Waals surface area contributed by atoms with Gasteiger partial charge in [-0.25, -0.2) is 9.18 Å². The van der Waals surface area contributed by atoms with Crippen LogP contribution < -0.4 is 5.32 Å². The zero-order chi connectivity index (χ0) is 14.5. The third-order valence-corrected chi connectivity index (χ3v) is 3.38. The lowest BCUT2D eigenvalue weighted by atomic mass is 9.95. The quantitative estimate of drug-likeness (QED) is 0.894. The van der Waals surface area contributed by atoms with Gasteiger partial charge in [-0.05, 0) is 30.9 Å². The molecule has 2 rings (SSSR count). The number of carboxylic acids is 1. The van der Waals surface area contributed by atoms with Crippen LogP contribution in [0, 0.1) is 11.7 Å². The van der Waals surface area contributed by atoms with Gasteiger partial charge >= 0.3 is 12.0 Å². The fourth-order valence-corrected chi connectivity index (χ4v) is 2.42. The maximum atomic E-state index is 13.5. The molecule has 0 radical (unpaired) electrons. The van der Waals surface area contributed by atoms with Crippen molar-refractivity contribution < 1.29 is 19.1 Å². The van der Waals surface area contributed by atoms with Gasteiger partial charge in [0, 0.05) is 19.5 Å². The molecule has 1 aliphatic heterocycles. The number of carboxylic acid groups (broad SMARTS) is 1. The second-order valence-corrected chi connectivity index (χ2v) is 4.96. The highest BCUT2D eigenvalue weighted by Gasteiger charge is 2.25. The summed E-state index contributed by atoms with van der Waals surface area (Å²) in [6.07, 6.45) is 1.63. The number of carbonyl (C=O) groups is 2. The third kappa shape index (κ3) is 3.69. The molecule has 0 aliphatic carbocycles. The zero-order valence-corrected chi connectivity index (χ0v) is 11.0. The van der Waals surface area contributed by atoms with E-state index in [9.17, 15) is 14.0 Å². The molecule has 1 aromatic rings. The number of nitrogens with zero attached hydrogens (tertiary/aromatic N) is 1. The van der Waals surface area contributed by atoms with Gasteiger partial charge in [0.25, 0.3) is 0 Å². The number of halogens is 1. The van der Waals surface area contributed by atoms with Crippen molar-refractivity contribution >= 4 is 17.7 Å². The van der Waals surface area contributed by atoms with Crippen LogP contribution in [0.1, 0.15) is 19.3 Å². The lowest BCUT2D eigenvalue weighted by molar-refractivity contribution is -0.138. The molecule has 1 aliphatic rings. The van der Waals surface area contributed by atoms with Crippen molar-refractivity contribution in [2.75, 3.05) is 18.4 Å². The molecule has 1 atom stereocenters. The molecular weight excluding hydrogens is 263 g/mol. The van der Waals surface area contributed by atoms with E-state index in [0.29, 0.717) is 13.1 Å². The van der Waals surface area contributed by atoms with Gasteiger partial charge in [0.05, 0.1) is 5.69 Å². The molecule has 1 fully saturated rings. The normalized spacial score (nSPS) is 18.6. The molecule has 0 spiro atoms. The second kappa shape index (κ2) is 6.36. The van der Waals surface area contributed by atoms with E-state index in [0.717, 1.165) is 12.8 Å². The highest BCUT2D eigenvalue weighted by atomic mass is 19.1. The highest BCUT2D eigenvalue weighted by Crippen LogP contribution is 2.21. The van der Waals surface area contributed by atoms with E-state index in [-0.39, 0.29) is 24.1 Å². The first-order valence-electron chi connectivity index (χ1n) is 6.58. The number of rotatable bonds is 3. The number of anilines is 1. The standard InChI is InChI=1S/C14H17FN2O3/c15-11-5-1-2-6-12(11)16-14(20)17-7-3-4-10(9-17)8-13(18)19/h1-2,5-6,10H,3-4,7-9H2,(H,16,20)(H,18,19). The molecule has 108 valence electrons. The Morgan fingerprint density at radius 1 is 1.40 bits per heavy atom. The summed E-state index contributed by atoms with van der Waals surface area (Å²) in [6.45, 7) is 0.961. The van der Waals surface area contributed by atoms with Crippen LogP contribution in [0.25, 0.3) is 0 Å². The Labute approximate surface area is 116 Å².